The molecule has 8 aromatic heterocycles. The maximum Gasteiger partial charge on any atom is 0.164 e. The summed E-state index contributed by atoms with van der Waals surface area (Å²) in [5.74, 6) is 3.67. The minimum atomic E-state index is -0.451. The second-order valence-corrected chi connectivity index (χ2v) is 35.4. The van der Waals surface area contributed by atoms with Crippen LogP contribution in [0.4, 0.5) is 0 Å². The lowest BCUT2D eigenvalue weighted by atomic mass is 9.70. The SMILES string of the molecule is c1ccc(-c2cc(-c3ccccc3)cc(-c3nc(-c4cccc(-c5ccccn5)c4)nc(-c4cccc(-c5ccccn5)c4)n3)c2)cc1.c1ccc(-c2ccc(-c3cc(-c4cc(-c5ccccc5)nc(-c5ccccc5)c4)cc(-c4ccccn4)c3)nc2)cc1.c1ccc(-c2ccc(-c3nc(-c4ccc5c(c4)C4(c6ccccc6-c6ccccc64)c4ccccc4-5)nc(-c4ccc5ccccc5c4)n3)cc2)nc1. The van der Waals surface area contributed by atoms with E-state index in [1.165, 1.54) is 49.9 Å². The van der Waals surface area contributed by atoms with Crippen LogP contribution in [0, 0.1) is 0 Å². The van der Waals surface area contributed by atoms with E-state index in [0.717, 1.165) is 162 Å². The van der Waals surface area contributed by atoms with Gasteiger partial charge in [-0.1, -0.05) is 364 Å². The third-order valence-electron chi connectivity index (χ3n) is 26.6. The van der Waals surface area contributed by atoms with Crippen LogP contribution in [0.2, 0.25) is 0 Å². The first-order valence-corrected chi connectivity index (χ1v) is 47.8. The average Bonchev–Trinajstić information content (AvgIpc) is 1.51. The number of hydrogen-bond acceptors (Lipinski definition) is 12. The highest BCUT2D eigenvalue weighted by Gasteiger charge is 2.52. The molecule has 12 nitrogen and oxygen atoms in total. The summed E-state index contributed by atoms with van der Waals surface area (Å²) in [5, 5.41) is 2.32. The summed E-state index contributed by atoms with van der Waals surface area (Å²) >= 11 is 0. The van der Waals surface area contributed by atoms with Crippen molar-refractivity contribution in [2.75, 3.05) is 0 Å². The van der Waals surface area contributed by atoms with Crippen LogP contribution in [-0.2, 0) is 5.41 Å². The second kappa shape index (κ2) is 38.7. The van der Waals surface area contributed by atoms with E-state index in [0.29, 0.717) is 34.9 Å². The number of nitrogens with zero attached hydrogens (tertiary/aromatic N) is 12. The quantitative estimate of drug-likeness (QED) is 0.0852. The highest BCUT2D eigenvalue weighted by Crippen LogP contribution is 2.63. The van der Waals surface area contributed by atoms with Crippen LogP contribution in [0.3, 0.4) is 0 Å². The van der Waals surface area contributed by atoms with Crippen molar-refractivity contribution in [1.82, 2.24) is 59.8 Å². The van der Waals surface area contributed by atoms with Gasteiger partial charge in [0.15, 0.2) is 34.9 Å². The van der Waals surface area contributed by atoms with E-state index in [1.54, 1.807) is 12.4 Å². The molecular weight excluding hydrogens is 1740 g/mol. The molecule has 0 aliphatic heterocycles. The van der Waals surface area contributed by atoms with Crippen molar-refractivity contribution in [2.24, 2.45) is 0 Å². The largest absolute Gasteiger partial charge is 0.256 e. The van der Waals surface area contributed by atoms with Gasteiger partial charge in [0.2, 0.25) is 0 Å². The lowest BCUT2D eigenvalue weighted by molar-refractivity contribution is 0.794. The fraction of sp³-hybridized carbons (Fsp3) is 0.00763. The molecule has 0 bridgehead atoms. The molecule has 0 saturated carbocycles. The average molecular weight is 1830 g/mol. The zero-order valence-corrected chi connectivity index (χ0v) is 77.5. The highest BCUT2D eigenvalue weighted by molar-refractivity contribution is 5.97. The minimum Gasteiger partial charge on any atom is -0.256 e. The van der Waals surface area contributed by atoms with Crippen molar-refractivity contribution in [3.63, 3.8) is 0 Å². The van der Waals surface area contributed by atoms with Crippen molar-refractivity contribution in [2.45, 2.75) is 5.41 Å². The van der Waals surface area contributed by atoms with Gasteiger partial charge in [0.25, 0.3) is 0 Å². The lowest BCUT2D eigenvalue weighted by Crippen LogP contribution is -2.25. The Labute approximate surface area is 828 Å². The fourth-order valence-corrected chi connectivity index (χ4v) is 19.7. The Morgan fingerprint density at radius 2 is 0.413 bits per heavy atom. The smallest absolute Gasteiger partial charge is 0.164 e. The number of benzene rings is 16. The van der Waals surface area contributed by atoms with Gasteiger partial charge in [-0.3, -0.25) is 24.9 Å². The molecule has 24 aromatic rings. The first kappa shape index (κ1) is 86.5. The van der Waals surface area contributed by atoms with E-state index in [9.17, 15) is 0 Å². The van der Waals surface area contributed by atoms with Gasteiger partial charge in [-0.05, 0) is 222 Å². The third-order valence-corrected chi connectivity index (χ3v) is 26.6. The van der Waals surface area contributed by atoms with E-state index in [2.05, 4.69) is 372 Å². The van der Waals surface area contributed by atoms with Gasteiger partial charge < -0.3 is 0 Å². The molecule has 2 aliphatic rings. The standard InChI is InChI=1S/C49H30N4.C43H29N5.C39H27N3/c1-2-12-34-29-35(25-20-31(34)11-1)47-51-46(33-23-21-32(22-24-33)45-19-9-10-28-50-45)52-48(53-47)36-26-27-40-39-15-5-8-18-43(39)49(44(40)30-36)41-16-6-3-13-37(41)38-14-4-7-17-42(38)49;1-3-13-30(14-4-1)36-27-37(31-15-5-2-6-16-31)29-38(28-36)43-47-41(34-19-11-17-32(25-34)39-21-7-9-23-44-39)46-42(48-43)35-20-12-18-33(26-35)40-22-8-10-24-45-40;1-4-12-28(13-5-1)31-19-20-37(41-27-31)35-23-32(22-34(24-35)36-18-10-11-21-40-36)33-25-38(29-14-6-2-7-15-29)42-39(26-33)30-16-8-3-9-17-30/h1-30H;1-29H;1-27H. The highest BCUT2D eigenvalue weighted by atomic mass is 15.0. The van der Waals surface area contributed by atoms with Crippen molar-refractivity contribution in [1.29, 1.82) is 0 Å². The van der Waals surface area contributed by atoms with E-state index < -0.39 is 5.41 Å². The van der Waals surface area contributed by atoms with E-state index in [1.807, 2.05) is 158 Å². The molecule has 0 fully saturated rings. The second-order valence-electron chi connectivity index (χ2n) is 35.4. The Morgan fingerprint density at radius 1 is 0.126 bits per heavy atom. The van der Waals surface area contributed by atoms with Gasteiger partial charge in [-0.2, -0.15) is 0 Å². The summed E-state index contributed by atoms with van der Waals surface area (Å²) in [7, 11) is 0. The molecular formula is C131H86N12. The molecule has 0 N–H and O–H groups in total. The summed E-state index contributed by atoms with van der Waals surface area (Å²) in [4.78, 5) is 59.2. The normalized spacial score (nSPS) is 11.7. The zero-order valence-electron chi connectivity index (χ0n) is 77.5. The molecule has 0 saturated heterocycles. The molecule has 12 heteroatoms. The Morgan fingerprint density at radius 3 is 0.867 bits per heavy atom. The first-order chi connectivity index (χ1) is 70.8. The Hall–Kier alpha value is -19.3. The number of aromatic nitrogens is 12. The van der Waals surface area contributed by atoms with Crippen LogP contribution in [0.1, 0.15) is 22.3 Å². The molecule has 0 unspecified atom stereocenters. The fourth-order valence-electron chi connectivity index (χ4n) is 19.7. The molecule has 16 aromatic carbocycles. The van der Waals surface area contributed by atoms with E-state index >= 15 is 0 Å². The Bertz CT molecular complexity index is 8490. The van der Waals surface area contributed by atoms with Gasteiger partial charge >= 0.3 is 0 Å². The van der Waals surface area contributed by atoms with Crippen LogP contribution >= 0.6 is 0 Å². The summed E-state index contributed by atoms with van der Waals surface area (Å²) in [6.07, 6.45) is 9.21. The lowest BCUT2D eigenvalue weighted by Gasteiger charge is -2.30. The van der Waals surface area contributed by atoms with Gasteiger partial charge in [-0.25, -0.2) is 34.9 Å². The van der Waals surface area contributed by atoms with E-state index in [-0.39, 0.29) is 0 Å². The van der Waals surface area contributed by atoms with Crippen LogP contribution in [-0.4, -0.2) is 59.8 Å². The monoisotopic (exact) mass is 1830 g/mol. The number of pyridine rings is 6. The molecule has 8 heterocycles. The maximum atomic E-state index is 5.22. The molecule has 26 rings (SSSR count). The van der Waals surface area contributed by atoms with Crippen LogP contribution in [0.25, 0.3) is 225 Å². The Kier molecular flexibility index (Phi) is 23.4. The molecule has 1 spiro atoms. The topological polar surface area (TPSA) is 155 Å². The van der Waals surface area contributed by atoms with E-state index in [4.69, 9.17) is 39.9 Å². The molecule has 0 radical (unpaired) electrons. The summed E-state index contributed by atoms with van der Waals surface area (Å²) < 4.78 is 0. The predicted octanol–water partition coefficient (Wildman–Crippen LogP) is 31.6. The Balaban J connectivity index is 0.000000116. The minimum absolute atomic E-state index is 0.451. The summed E-state index contributed by atoms with van der Waals surface area (Å²) in [5.41, 5.74) is 37.8. The van der Waals surface area contributed by atoms with Crippen molar-refractivity contribution < 1.29 is 0 Å². The van der Waals surface area contributed by atoms with Gasteiger partial charge in [0, 0.05) is 109 Å². The van der Waals surface area contributed by atoms with Crippen molar-refractivity contribution in [3.8, 4) is 214 Å². The number of hydrogen-bond donors (Lipinski definition) is 0. The molecule has 143 heavy (non-hydrogen) atoms. The molecule has 2 aliphatic carbocycles. The molecule has 0 amide bonds. The number of fused-ring (bicyclic) bond motifs is 11. The third kappa shape index (κ3) is 17.6. The van der Waals surface area contributed by atoms with Gasteiger partial charge in [0.05, 0.1) is 45.3 Å². The van der Waals surface area contributed by atoms with Gasteiger partial charge in [-0.15, -0.1) is 0 Å². The summed E-state index contributed by atoms with van der Waals surface area (Å²) in [6, 6.07) is 170. The molecule has 0 atom stereocenters. The van der Waals surface area contributed by atoms with Crippen LogP contribution in [0.5, 0.6) is 0 Å². The summed E-state index contributed by atoms with van der Waals surface area (Å²) in [6.45, 7) is 0. The van der Waals surface area contributed by atoms with Crippen molar-refractivity contribution >= 4 is 10.8 Å². The number of rotatable bonds is 17. The van der Waals surface area contributed by atoms with Crippen LogP contribution in [0.15, 0.2) is 522 Å². The first-order valence-electron chi connectivity index (χ1n) is 47.8. The maximum absolute atomic E-state index is 5.22. The van der Waals surface area contributed by atoms with Crippen LogP contribution < -0.4 is 0 Å². The molecule has 670 valence electrons. The zero-order chi connectivity index (χ0) is 95.2. The van der Waals surface area contributed by atoms with Gasteiger partial charge in [0.1, 0.15) is 0 Å². The predicted molar refractivity (Wildman–Crippen MR) is 579 cm³/mol. The van der Waals surface area contributed by atoms with Crippen molar-refractivity contribution in [3.05, 3.63) is 545 Å².